The summed E-state index contributed by atoms with van der Waals surface area (Å²) in [5, 5.41) is 3.32. The Morgan fingerprint density at radius 1 is 1.56 bits per heavy atom. The third kappa shape index (κ3) is 3.09. The van der Waals surface area contributed by atoms with E-state index in [0.29, 0.717) is 19.0 Å². The first-order valence-electron chi connectivity index (χ1n) is 6.26. The van der Waals surface area contributed by atoms with Crippen LogP contribution in [0.2, 0.25) is 0 Å². The topological polar surface area (TPSA) is 76.0 Å². The Kier molecular flexibility index (Phi) is 4.04. The molecule has 1 aromatic heterocycles. The molecule has 1 aliphatic rings. The molecule has 0 radical (unpaired) electrons. The molecule has 0 saturated carbocycles. The van der Waals surface area contributed by atoms with Crippen molar-refractivity contribution in [3.8, 4) is 0 Å². The van der Waals surface area contributed by atoms with Crippen LogP contribution in [0.15, 0.2) is 17.6 Å². The molecule has 0 bridgehead atoms. The average Bonchev–Trinajstić information content (AvgIpc) is 2.77. The van der Waals surface area contributed by atoms with E-state index < -0.39 is 10.0 Å². The molecule has 0 amide bonds. The van der Waals surface area contributed by atoms with Crippen LogP contribution in [-0.4, -0.2) is 37.1 Å². The number of piperidine rings is 1. The van der Waals surface area contributed by atoms with E-state index in [2.05, 4.69) is 21.9 Å². The first kappa shape index (κ1) is 13.5. The van der Waals surface area contributed by atoms with Crippen LogP contribution in [0.4, 0.5) is 0 Å². The van der Waals surface area contributed by atoms with Gasteiger partial charge in [0.05, 0.1) is 6.33 Å². The van der Waals surface area contributed by atoms with Gasteiger partial charge in [-0.25, -0.2) is 18.1 Å². The first-order chi connectivity index (χ1) is 8.51. The van der Waals surface area contributed by atoms with Gasteiger partial charge in [-0.2, -0.15) is 0 Å². The average molecular weight is 272 g/mol. The van der Waals surface area contributed by atoms with Gasteiger partial charge in [0.1, 0.15) is 0 Å². The number of nitrogens with zero attached hydrogens (tertiary/aromatic N) is 2. The molecule has 2 heterocycles. The molecule has 2 unspecified atom stereocenters. The number of aromatic nitrogens is 2. The van der Waals surface area contributed by atoms with E-state index in [9.17, 15) is 8.42 Å². The maximum Gasteiger partial charge on any atom is 0.259 e. The summed E-state index contributed by atoms with van der Waals surface area (Å²) in [5.74, 6) is 0.486. The van der Waals surface area contributed by atoms with Gasteiger partial charge in [-0.3, -0.25) is 0 Å². The monoisotopic (exact) mass is 272 g/mol. The number of nitrogens with one attached hydrogen (secondary N) is 2. The van der Waals surface area contributed by atoms with Gasteiger partial charge in [-0.05, 0) is 25.8 Å². The van der Waals surface area contributed by atoms with Crippen LogP contribution in [0.3, 0.4) is 0 Å². The van der Waals surface area contributed by atoms with Crippen molar-refractivity contribution in [2.75, 3.05) is 13.1 Å². The summed E-state index contributed by atoms with van der Waals surface area (Å²) in [6.07, 6.45) is 3.96. The van der Waals surface area contributed by atoms with Crippen LogP contribution in [0.25, 0.3) is 0 Å². The van der Waals surface area contributed by atoms with Gasteiger partial charge in [-0.15, -0.1) is 0 Å². The third-order valence-electron chi connectivity index (χ3n) is 3.14. The van der Waals surface area contributed by atoms with Crippen molar-refractivity contribution in [1.82, 2.24) is 19.6 Å². The van der Waals surface area contributed by atoms with E-state index in [4.69, 9.17) is 0 Å². The van der Waals surface area contributed by atoms with Gasteiger partial charge < -0.3 is 9.88 Å². The zero-order valence-electron chi connectivity index (χ0n) is 10.8. The van der Waals surface area contributed by atoms with Gasteiger partial charge in [0.25, 0.3) is 10.0 Å². The molecule has 1 aromatic rings. The second-order valence-corrected chi connectivity index (χ2v) is 6.52. The van der Waals surface area contributed by atoms with Crippen molar-refractivity contribution >= 4 is 10.0 Å². The lowest BCUT2D eigenvalue weighted by atomic mass is 9.99. The number of aryl methyl sites for hydroxylation is 1. The molecule has 102 valence electrons. The van der Waals surface area contributed by atoms with Crippen LogP contribution in [-0.2, 0) is 16.6 Å². The van der Waals surface area contributed by atoms with Crippen LogP contribution in [0.1, 0.15) is 20.3 Å². The molecule has 7 heteroatoms. The smallest absolute Gasteiger partial charge is 0.259 e. The van der Waals surface area contributed by atoms with Crippen molar-refractivity contribution in [1.29, 1.82) is 0 Å². The zero-order chi connectivity index (χ0) is 13.2. The predicted octanol–water partition coefficient (Wildman–Crippen LogP) is 0.179. The Hall–Kier alpha value is -0.920. The fourth-order valence-corrected chi connectivity index (χ4v) is 3.38. The summed E-state index contributed by atoms with van der Waals surface area (Å²) in [5.41, 5.74) is 0. The molecule has 2 N–H and O–H groups in total. The van der Waals surface area contributed by atoms with Crippen molar-refractivity contribution in [3.05, 3.63) is 12.5 Å². The van der Waals surface area contributed by atoms with Gasteiger partial charge in [0.2, 0.25) is 0 Å². The van der Waals surface area contributed by atoms with Gasteiger partial charge in [-0.1, -0.05) is 6.92 Å². The van der Waals surface area contributed by atoms with Gasteiger partial charge >= 0.3 is 0 Å². The van der Waals surface area contributed by atoms with E-state index in [0.717, 1.165) is 13.0 Å². The van der Waals surface area contributed by atoms with Gasteiger partial charge in [0, 0.05) is 25.3 Å². The fourth-order valence-electron chi connectivity index (χ4n) is 2.18. The molecule has 2 rings (SSSR count). The van der Waals surface area contributed by atoms with Crippen molar-refractivity contribution in [2.24, 2.45) is 5.92 Å². The molecule has 0 spiro atoms. The summed E-state index contributed by atoms with van der Waals surface area (Å²) < 4.78 is 28.7. The molecule has 0 aliphatic carbocycles. The highest BCUT2D eigenvalue weighted by molar-refractivity contribution is 7.89. The number of imidazole rings is 1. The number of rotatable bonds is 4. The number of hydrogen-bond acceptors (Lipinski definition) is 4. The van der Waals surface area contributed by atoms with E-state index >= 15 is 0 Å². The van der Waals surface area contributed by atoms with E-state index in [1.54, 1.807) is 10.8 Å². The highest BCUT2D eigenvalue weighted by Crippen LogP contribution is 2.13. The SMILES string of the molecule is CCn1cnc(S(=O)(=O)NC2CNCC(C)C2)c1. The fraction of sp³-hybridized carbons (Fsp3) is 0.727. The molecule has 0 aromatic carbocycles. The minimum Gasteiger partial charge on any atom is -0.336 e. The summed E-state index contributed by atoms with van der Waals surface area (Å²) in [6, 6.07) is -0.0504. The van der Waals surface area contributed by atoms with Crippen molar-refractivity contribution < 1.29 is 8.42 Å². The lowest BCUT2D eigenvalue weighted by Gasteiger charge is -2.27. The molecule has 6 nitrogen and oxygen atoms in total. The number of hydrogen-bond donors (Lipinski definition) is 2. The van der Waals surface area contributed by atoms with Crippen LogP contribution < -0.4 is 10.0 Å². The van der Waals surface area contributed by atoms with E-state index in [1.807, 2.05) is 6.92 Å². The minimum absolute atomic E-state index is 0.0504. The second-order valence-electron chi connectivity index (χ2n) is 4.86. The Morgan fingerprint density at radius 2 is 2.33 bits per heavy atom. The zero-order valence-corrected chi connectivity index (χ0v) is 11.6. The summed E-state index contributed by atoms with van der Waals surface area (Å²) in [6.45, 7) is 6.39. The van der Waals surface area contributed by atoms with Crippen LogP contribution in [0, 0.1) is 5.92 Å². The summed E-state index contributed by atoms with van der Waals surface area (Å²) in [4.78, 5) is 3.94. The Morgan fingerprint density at radius 3 is 2.94 bits per heavy atom. The molecular weight excluding hydrogens is 252 g/mol. The molecule has 18 heavy (non-hydrogen) atoms. The summed E-state index contributed by atoms with van der Waals surface area (Å²) >= 11 is 0. The molecule has 2 atom stereocenters. The number of sulfonamides is 1. The minimum atomic E-state index is -3.49. The molecular formula is C11H20N4O2S. The second kappa shape index (κ2) is 5.38. The first-order valence-corrected chi connectivity index (χ1v) is 7.74. The van der Waals surface area contributed by atoms with Crippen molar-refractivity contribution in [3.63, 3.8) is 0 Å². The highest BCUT2D eigenvalue weighted by atomic mass is 32.2. The third-order valence-corrected chi connectivity index (χ3v) is 4.55. The lowest BCUT2D eigenvalue weighted by Crippen LogP contribution is -2.48. The highest BCUT2D eigenvalue weighted by Gasteiger charge is 2.25. The van der Waals surface area contributed by atoms with Gasteiger partial charge in [0.15, 0.2) is 5.03 Å². The predicted molar refractivity (Wildman–Crippen MR) is 68.7 cm³/mol. The van der Waals surface area contributed by atoms with E-state index in [-0.39, 0.29) is 11.1 Å². The largest absolute Gasteiger partial charge is 0.336 e. The Labute approximate surface area is 108 Å². The Balaban J connectivity index is 2.06. The standard InChI is InChI=1S/C11H20N4O2S/c1-3-15-7-11(13-8-15)18(16,17)14-10-4-9(2)5-12-6-10/h7-10,12,14H,3-6H2,1-2H3. The Bertz CT molecular complexity index is 497. The molecule has 1 fully saturated rings. The van der Waals surface area contributed by atoms with Crippen molar-refractivity contribution in [2.45, 2.75) is 37.9 Å². The maximum atomic E-state index is 12.1. The normalized spacial score (nSPS) is 25.2. The van der Waals surface area contributed by atoms with Crippen LogP contribution >= 0.6 is 0 Å². The quantitative estimate of drug-likeness (QED) is 0.820. The lowest BCUT2D eigenvalue weighted by molar-refractivity contribution is 0.346. The maximum absolute atomic E-state index is 12.1. The summed E-state index contributed by atoms with van der Waals surface area (Å²) in [7, 11) is -3.49. The molecule has 1 saturated heterocycles. The van der Waals surface area contributed by atoms with Crippen LogP contribution in [0.5, 0.6) is 0 Å². The molecule has 1 aliphatic heterocycles. The van der Waals surface area contributed by atoms with E-state index in [1.165, 1.54) is 6.33 Å².